The van der Waals surface area contributed by atoms with Gasteiger partial charge in [-0.15, -0.1) is 0 Å². The minimum absolute atomic E-state index is 0.113. The highest BCUT2D eigenvalue weighted by Gasteiger charge is 2.30. The molecule has 0 spiro atoms. The standard InChI is InChI=1S/C16H21F3N2O2/c1-11(9-15(23)21-8-4-7-20-12(2)22)13-5-3-6-14(10-13)16(17,18)19/h3,5-6,10-11H,4,7-9H2,1-2H3,(H,20,22)(H,21,23)/t11-/m0/s1. The lowest BCUT2D eigenvalue weighted by atomic mass is 9.95. The molecule has 128 valence electrons. The van der Waals surface area contributed by atoms with E-state index < -0.39 is 11.7 Å². The largest absolute Gasteiger partial charge is 0.416 e. The van der Waals surface area contributed by atoms with Crippen molar-refractivity contribution in [3.05, 3.63) is 35.4 Å². The Morgan fingerprint density at radius 1 is 1.17 bits per heavy atom. The lowest BCUT2D eigenvalue weighted by molar-refractivity contribution is -0.137. The number of alkyl halides is 3. The van der Waals surface area contributed by atoms with Crippen molar-refractivity contribution in [2.75, 3.05) is 13.1 Å². The van der Waals surface area contributed by atoms with Crippen molar-refractivity contribution in [2.45, 2.75) is 38.8 Å². The van der Waals surface area contributed by atoms with Crippen molar-refractivity contribution < 1.29 is 22.8 Å². The van der Waals surface area contributed by atoms with Crippen LogP contribution in [0.1, 0.15) is 43.7 Å². The van der Waals surface area contributed by atoms with Crippen LogP contribution in [0.3, 0.4) is 0 Å². The number of carbonyl (C=O) groups excluding carboxylic acids is 2. The van der Waals surface area contributed by atoms with Gasteiger partial charge in [0.15, 0.2) is 0 Å². The van der Waals surface area contributed by atoms with Gasteiger partial charge in [-0.3, -0.25) is 9.59 Å². The summed E-state index contributed by atoms with van der Waals surface area (Å²) in [5, 5.41) is 5.30. The molecular weight excluding hydrogens is 309 g/mol. The molecule has 2 amide bonds. The first kappa shape index (κ1) is 19.0. The van der Waals surface area contributed by atoms with Crippen LogP contribution in [0.4, 0.5) is 13.2 Å². The average Bonchev–Trinajstić information content (AvgIpc) is 2.45. The zero-order valence-electron chi connectivity index (χ0n) is 13.2. The van der Waals surface area contributed by atoms with E-state index in [4.69, 9.17) is 0 Å². The predicted octanol–water partition coefficient (Wildman–Crippen LogP) is 2.84. The van der Waals surface area contributed by atoms with E-state index >= 15 is 0 Å². The predicted molar refractivity (Wildman–Crippen MR) is 80.8 cm³/mol. The van der Waals surface area contributed by atoms with Crippen LogP contribution >= 0.6 is 0 Å². The molecule has 0 bridgehead atoms. The van der Waals surface area contributed by atoms with E-state index in [1.165, 1.54) is 13.0 Å². The number of carbonyl (C=O) groups is 2. The Hall–Kier alpha value is -2.05. The van der Waals surface area contributed by atoms with Gasteiger partial charge < -0.3 is 10.6 Å². The monoisotopic (exact) mass is 330 g/mol. The van der Waals surface area contributed by atoms with Gasteiger partial charge in [0.2, 0.25) is 11.8 Å². The summed E-state index contributed by atoms with van der Waals surface area (Å²) in [5.74, 6) is -0.667. The summed E-state index contributed by atoms with van der Waals surface area (Å²) >= 11 is 0. The van der Waals surface area contributed by atoms with Crippen LogP contribution in [0.15, 0.2) is 24.3 Å². The molecule has 1 atom stereocenters. The van der Waals surface area contributed by atoms with Crippen molar-refractivity contribution in [3.8, 4) is 0 Å². The van der Waals surface area contributed by atoms with Gasteiger partial charge in [-0.05, 0) is 24.0 Å². The molecule has 1 aromatic carbocycles. The summed E-state index contributed by atoms with van der Waals surface area (Å²) in [7, 11) is 0. The molecule has 1 rings (SSSR count). The van der Waals surface area contributed by atoms with E-state index in [-0.39, 0.29) is 24.2 Å². The van der Waals surface area contributed by atoms with Crippen LogP contribution in [-0.2, 0) is 15.8 Å². The molecule has 0 unspecified atom stereocenters. The number of amides is 2. The lowest BCUT2D eigenvalue weighted by Gasteiger charge is -2.14. The first-order valence-corrected chi connectivity index (χ1v) is 7.38. The summed E-state index contributed by atoms with van der Waals surface area (Å²) in [6.07, 6.45) is -3.67. The van der Waals surface area contributed by atoms with Gasteiger partial charge in [-0.1, -0.05) is 25.1 Å². The molecule has 7 heteroatoms. The van der Waals surface area contributed by atoms with Crippen molar-refractivity contribution in [2.24, 2.45) is 0 Å². The fraction of sp³-hybridized carbons (Fsp3) is 0.500. The Bertz CT molecular complexity index is 544. The molecule has 0 saturated heterocycles. The Labute approximate surface area is 133 Å². The van der Waals surface area contributed by atoms with Crippen LogP contribution in [0.25, 0.3) is 0 Å². The minimum atomic E-state index is -4.39. The van der Waals surface area contributed by atoms with Gasteiger partial charge in [-0.2, -0.15) is 13.2 Å². The number of benzene rings is 1. The molecule has 23 heavy (non-hydrogen) atoms. The quantitative estimate of drug-likeness (QED) is 0.755. The highest BCUT2D eigenvalue weighted by Crippen LogP contribution is 2.31. The second kappa shape index (κ2) is 8.55. The molecule has 0 aliphatic rings. The third kappa shape index (κ3) is 7.17. The van der Waals surface area contributed by atoms with E-state index in [0.29, 0.717) is 25.1 Å². The molecule has 0 aromatic heterocycles. The topological polar surface area (TPSA) is 58.2 Å². The average molecular weight is 330 g/mol. The second-order valence-corrected chi connectivity index (χ2v) is 5.41. The van der Waals surface area contributed by atoms with Gasteiger partial charge in [0.1, 0.15) is 0 Å². The van der Waals surface area contributed by atoms with Gasteiger partial charge in [0.05, 0.1) is 5.56 Å². The summed E-state index contributed by atoms with van der Waals surface area (Å²) in [6, 6.07) is 5.02. The molecule has 2 N–H and O–H groups in total. The number of halogens is 3. The molecule has 0 radical (unpaired) electrons. The third-order valence-corrected chi connectivity index (χ3v) is 3.32. The normalized spacial score (nSPS) is 12.6. The minimum Gasteiger partial charge on any atom is -0.356 e. The third-order valence-electron chi connectivity index (χ3n) is 3.32. The fourth-order valence-electron chi connectivity index (χ4n) is 2.07. The van der Waals surface area contributed by atoms with E-state index in [0.717, 1.165) is 12.1 Å². The fourth-order valence-corrected chi connectivity index (χ4v) is 2.07. The number of hydrogen-bond donors (Lipinski definition) is 2. The van der Waals surface area contributed by atoms with Gasteiger partial charge in [-0.25, -0.2) is 0 Å². The summed E-state index contributed by atoms with van der Waals surface area (Å²) in [5.41, 5.74) is -0.231. The second-order valence-electron chi connectivity index (χ2n) is 5.41. The van der Waals surface area contributed by atoms with Crippen molar-refractivity contribution in [1.82, 2.24) is 10.6 Å². The molecular formula is C16H21F3N2O2. The Morgan fingerprint density at radius 3 is 2.43 bits per heavy atom. The maximum Gasteiger partial charge on any atom is 0.416 e. The Morgan fingerprint density at radius 2 is 1.83 bits per heavy atom. The van der Waals surface area contributed by atoms with Crippen LogP contribution in [0.2, 0.25) is 0 Å². The zero-order valence-corrected chi connectivity index (χ0v) is 13.2. The number of hydrogen-bond acceptors (Lipinski definition) is 2. The first-order valence-electron chi connectivity index (χ1n) is 7.38. The maximum atomic E-state index is 12.7. The molecule has 0 fully saturated rings. The lowest BCUT2D eigenvalue weighted by Crippen LogP contribution is -2.29. The number of rotatable bonds is 7. The Kier molecular flexibility index (Phi) is 7.06. The molecule has 0 aliphatic heterocycles. The van der Waals surface area contributed by atoms with E-state index in [1.807, 2.05) is 0 Å². The smallest absolute Gasteiger partial charge is 0.356 e. The molecule has 0 saturated carbocycles. The highest BCUT2D eigenvalue weighted by atomic mass is 19.4. The van der Waals surface area contributed by atoms with Gasteiger partial charge in [0.25, 0.3) is 0 Å². The van der Waals surface area contributed by atoms with Crippen molar-refractivity contribution in [1.29, 1.82) is 0 Å². The maximum absolute atomic E-state index is 12.7. The molecule has 4 nitrogen and oxygen atoms in total. The van der Waals surface area contributed by atoms with E-state index in [2.05, 4.69) is 10.6 Å². The van der Waals surface area contributed by atoms with Crippen LogP contribution < -0.4 is 10.6 Å². The van der Waals surface area contributed by atoms with Crippen LogP contribution in [-0.4, -0.2) is 24.9 Å². The van der Waals surface area contributed by atoms with Crippen molar-refractivity contribution in [3.63, 3.8) is 0 Å². The molecule has 0 aliphatic carbocycles. The summed E-state index contributed by atoms with van der Waals surface area (Å²) in [6.45, 7) is 4.01. The number of nitrogens with one attached hydrogen (secondary N) is 2. The summed E-state index contributed by atoms with van der Waals surface area (Å²) < 4.78 is 38.0. The van der Waals surface area contributed by atoms with Crippen LogP contribution in [0, 0.1) is 0 Å². The van der Waals surface area contributed by atoms with Gasteiger partial charge >= 0.3 is 6.18 Å². The Balaban J connectivity index is 2.45. The van der Waals surface area contributed by atoms with Gasteiger partial charge in [0, 0.05) is 26.4 Å². The summed E-state index contributed by atoms with van der Waals surface area (Å²) in [4.78, 5) is 22.4. The van der Waals surface area contributed by atoms with E-state index in [9.17, 15) is 22.8 Å². The van der Waals surface area contributed by atoms with Crippen molar-refractivity contribution >= 4 is 11.8 Å². The highest BCUT2D eigenvalue weighted by molar-refractivity contribution is 5.76. The molecule has 0 heterocycles. The zero-order chi connectivity index (χ0) is 17.5. The van der Waals surface area contributed by atoms with Crippen LogP contribution in [0.5, 0.6) is 0 Å². The molecule has 1 aromatic rings. The SMILES string of the molecule is CC(=O)NCCCNC(=O)C[C@H](C)c1cccc(C(F)(F)F)c1. The first-order chi connectivity index (χ1) is 10.7. The van der Waals surface area contributed by atoms with E-state index in [1.54, 1.807) is 13.0 Å².